The first-order valence-electron chi connectivity index (χ1n) is 11.9. The van der Waals surface area contributed by atoms with Crippen LogP contribution in [0.15, 0.2) is 78.1 Å². The molecule has 2 amide bonds. The number of rotatable bonds is 9. The average Bonchev–Trinajstić information content (AvgIpc) is 3.38. The summed E-state index contributed by atoms with van der Waals surface area (Å²) in [5, 5.41) is 7.22. The van der Waals surface area contributed by atoms with Gasteiger partial charge in [0.1, 0.15) is 12.6 Å². The number of benzene rings is 2. The van der Waals surface area contributed by atoms with Gasteiger partial charge in [0.15, 0.2) is 11.6 Å². The van der Waals surface area contributed by atoms with E-state index in [0.717, 1.165) is 21.6 Å². The highest BCUT2D eigenvalue weighted by molar-refractivity contribution is 7.98. The number of pyridine rings is 1. The van der Waals surface area contributed by atoms with Crippen molar-refractivity contribution in [2.45, 2.75) is 24.5 Å². The summed E-state index contributed by atoms with van der Waals surface area (Å²) in [4.78, 5) is 31.6. The zero-order valence-corrected chi connectivity index (χ0v) is 22.5. The van der Waals surface area contributed by atoms with Crippen LogP contribution in [0.1, 0.15) is 28.9 Å². The summed E-state index contributed by atoms with van der Waals surface area (Å²) in [5.41, 5.74) is 9.78. The topological polar surface area (TPSA) is 115 Å². The molecule has 2 aromatic carbocycles. The Bertz CT molecular complexity index is 1430. The highest BCUT2D eigenvalue weighted by atomic mass is 32.2. The molecule has 3 N–H and O–H groups in total. The summed E-state index contributed by atoms with van der Waals surface area (Å²) in [5.74, 6) is 0.446. The number of aromatic nitrogens is 3. The lowest BCUT2D eigenvalue weighted by atomic mass is 10.1. The van der Waals surface area contributed by atoms with Gasteiger partial charge < -0.3 is 20.7 Å². The Morgan fingerprint density at radius 1 is 1.11 bits per heavy atom. The summed E-state index contributed by atoms with van der Waals surface area (Å²) < 4.78 is 7.75. The molecule has 0 fully saturated rings. The second kappa shape index (κ2) is 11.8. The van der Waals surface area contributed by atoms with E-state index in [9.17, 15) is 9.59 Å². The van der Waals surface area contributed by atoms with Gasteiger partial charge in [0.05, 0.1) is 6.20 Å². The predicted molar refractivity (Wildman–Crippen MR) is 150 cm³/mol. The quantitative estimate of drug-likeness (QED) is 0.301. The first-order valence-corrected chi connectivity index (χ1v) is 13.2. The number of carbonyl (C=O) groups is 2. The van der Waals surface area contributed by atoms with Crippen molar-refractivity contribution in [1.29, 1.82) is 0 Å². The van der Waals surface area contributed by atoms with Crippen molar-refractivity contribution in [2.75, 3.05) is 31.4 Å². The second-order valence-electron chi connectivity index (χ2n) is 8.89. The first kappa shape index (κ1) is 26.7. The highest BCUT2D eigenvalue weighted by Gasteiger charge is 2.15. The lowest BCUT2D eigenvalue weighted by molar-refractivity contribution is -0.129. The molecular formula is C28H30N6O3S. The molecule has 1 unspecified atom stereocenters. The predicted octanol–water partition coefficient (Wildman–Crippen LogP) is 4.73. The van der Waals surface area contributed by atoms with Crippen LogP contribution in [0.25, 0.3) is 11.1 Å². The van der Waals surface area contributed by atoms with E-state index in [0.29, 0.717) is 17.0 Å². The van der Waals surface area contributed by atoms with Crippen LogP contribution in [0, 0.1) is 0 Å². The van der Waals surface area contributed by atoms with Gasteiger partial charge >= 0.3 is 0 Å². The fourth-order valence-electron chi connectivity index (χ4n) is 3.66. The van der Waals surface area contributed by atoms with E-state index in [2.05, 4.69) is 15.4 Å². The third-order valence-corrected chi connectivity index (χ3v) is 6.66. The Kier molecular flexibility index (Phi) is 8.32. The van der Waals surface area contributed by atoms with E-state index in [4.69, 9.17) is 10.5 Å². The van der Waals surface area contributed by atoms with Crippen molar-refractivity contribution in [2.24, 2.45) is 0 Å². The normalized spacial score (nSPS) is 11.6. The lowest BCUT2D eigenvalue weighted by Gasteiger charge is -2.17. The fraction of sp³-hybridized carbons (Fsp3) is 0.214. The van der Waals surface area contributed by atoms with Crippen molar-refractivity contribution in [3.8, 4) is 16.9 Å². The van der Waals surface area contributed by atoms with E-state index in [1.165, 1.54) is 4.90 Å². The fourth-order valence-corrected chi connectivity index (χ4v) is 4.07. The number of hydrogen-bond donors (Lipinski definition) is 2. The first-order chi connectivity index (χ1) is 18.2. The van der Waals surface area contributed by atoms with Crippen LogP contribution >= 0.6 is 11.8 Å². The molecule has 0 radical (unpaired) electrons. The molecule has 4 rings (SSSR count). The summed E-state index contributed by atoms with van der Waals surface area (Å²) in [7, 11) is 3.41. The Labute approximate surface area is 226 Å². The summed E-state index contributed by atoms with van der Waals surface area (Å²) in [6.07, 6.45) is 6.72. The molecule has 0 aliphatic heterocycles. The van der Waals surface area contributed by atoms with Gasteiger partial charge in [-0.1, -0.05) is 12.1 Å². The van der Waals surface area contributed by atoms with Gasteiger partial charge in [0, 0.05) is 53.8 Å². The third kappa shape index (κ3) is 6.51. The number of carbonyl (C=O) groups excluding carboxylic acids is 2. The van der Waals surface area contributed by atoms with Crippen molar-refractivity contribution in [3.63, 3.8) is 0 Å². The highest BCUT2D eigenvalue weighted by Crippen LogP contribution is 2.31. The van der Waals surface area contributed by atoms with Crippen LogP contribution < -0.4 is 15.8 Å². The number of nitrogens with two attached hydrogens (primary N) is 1. The molecule has 2 heterocycles. The molecule has 0 saturated carbocycles. The van der Waals surface area contributed by atoms with Gasteiger partial charge in [-0.15, -0.1) is 11.8 Å². The SMILES string of the molecule is CSc1ccc(C(=O)Nc2cccc(C(C)Oc3cc(-c4cnn(CC(=O)N(C)C)c4)cnc3N)c2)cc1. The number of amides is 2. The van der Waals surface area contributed by atoms with Crippen molar-refractivity contribution >= 4 is 35.1 Å². The van der Waals surface area contributed by atoms with E-state index < -0.39 is 0 Å². The van der Waals surface area contributed by atoms with E-state index in [-0.39, 0.29) is 30.3 Å². The minimum atomic E-state index is -0.368. The summed E-state index contributed by atoms with van der Waals surface area (Å²) >= 11 is 1.63. The molecule has 2 aromatic heterocycles. The Morgan fingerprint density at radius 2 is 1.87 bits per heavy atom. The molecule has 0 saturated heterocycles. The zero-order valence-electron chi connectivity index (χ0n) is 21.7. The Morgan fingerprint density at radius 3 is 2.58 bits per heavy atom. The second-order valence-corrected chi connectivity index (χ2v) is 9.77. The number of thioether (sulfide) groups is 1. The Hall–Kier alpha value is -4.31. The number of nitrogens with zero attached hydrogens (tertiary/aromatic N) is 4. The van der Waals surface area contributed by atoms with E-state index in [1.54, 1.807) is 55.2 Å². The van der Waals surface area contributed by atoms with Gasteiger partial charge in [0.2, 0.25) is 5.91 Å². The smallest absolute Gasteiger partial charge is 0.255 e. The number of ether oxygens (including phenoxy) is 1. The summed E-state index contributed by atoms with van der Waals surface area (Å²) in [6.45, 7) is 2.05. The molecule has 1 atom stereocenters. The molecule has 38 heavy (non-hydrogen) atoms. The van der Waals surface area contributed by atoms with Gasteiger partial charge in [-0.25, -0.2) is 4.98 Å². The van der Waals surface area contributed by atoms with E-state index in [1.807, 2.05) is 61.7 Å². The number of nitrogens with one attached hydrogen (secondary N) is 1. The molecule has 0 bridgehead atoms. The van der Waals surface area contributed by atoms with Crippen LogP contribution in [0.3, 0.4) is 0 Å². The van der Waals surface area contributed by atoms with Gasteiger partial charge in [0.25, 0.3) is 5.91 Å². The van der Waals surface area contributed by atoms with Gasteiger partial charge in [-0.3, -0.25) is 14.3 Å². The molecular weight excluding hydrogens is 500 g/mol. The molecule has 0 spiro atoms. The van der Waals surface area contributed by atoms with Gasteiger partial charge in [-0.2, -0.15) is 5.10 Å². The maximum atomic E-state index is 12.7. The average molecular weight is 531 g/mol. The van der Waals surface area contributed by atoms with E-state index >= 15 is 0 Å². The van der Waals surface area contributed by atoms with Crippen LogP contribution in [0.5, 0.6) is 5.75 Å². The molecule has 10 heteroatoms. The minimum Gasteiger partial charge on any atom is -0.482 e. The van der Waals surface area contributed by atoms with Crippen LogP contribution in [-0.4, -0.2) is 51.8 Å². The molecule has 0 aliphatic rings. The number of hydrogen-bond acceptors (Lipinski definition) is 7. The standard InChI is InChI=1S/C28H30N6O3S/c1-18(20-6-5-7-23(12-20)32-28(36)19-8-10-24(38-4)11-9-19)37-25-13-21(14-30-27(25)29)22-15-31-34(16-22)17-26(35)33(2)3/h5-16,18H,17H2,1-4H3,(H2,29,30)(H,32,36). The molecule has 196 valence electrons. The van der Waals surface area contributed by atoms with Crippen molar-refractivity contribution in [3.05, 3.63) is 84.3 Å². The zero-order chi connectivity index (χ0) is 27.2. The van der Waals surface area contributed by atoms with Crippen molar-refractivity contribution < 1.29 is 14.3 Å². The monoisotopic (exact) mass is 530 g/mol. The van der Waals surface area contributed by atoms with Crippen LogP contribution in [-0.2, 0) is 11.3 Å². The number of nitrogen functional groups attached to an aromatic ring is 1. The number of likely N-dealkylation sites (N-methyl/N-ethyl adjacent to an activating group) is 1. The van der Waals surface area contributed by atoms with Crippen LogP contribution in [0.2, 0.25) is 0 Å². The maximum absolute atomic E-state index is 12.7. The largest absolute Gasteiger partial charge is 0.482 e. The molecule has 4 aromatic rings. The number of anilines is 2. The minimum absolute atomic E-state index is 0.0557. The van der Waals surface area contributed by atoms with Crippen molar-refractivity contribution in [1.82, 2.24) is 19.7 Å². The lowest BCUT2D eigenvalue weighted by Crippen LogP contribution is -2.26. The summed E-state index contributed by atoms with van der Waals surface area (Å²) in [6, 6.07) is 16.8. The van der Waals surface area contributed by atoms with Crippen LogP contribution in [0.4, 0.5) is 11.5 Å². The molecule has 0 aliphatic carbocycles. The third-order valence-electron chi connectivity index (χ3n) is 5.91. The maximum Gasteiger partial charge on any atom is 0.255 e. The molecule has 9 nitrogen and oxygen atoms in total. The van der Waals surface area contributed by atoms with Gasteiger partial charge in [-0.05, 0) is 61.2 Å². The Balaban J connectivity index is 1.46.